The van der Waals surface area contributed by atoms with Crippen molar-refractivity contribution in [3.05, 3.63) is 39.3 Å². The number of imidazole rings is 1. The van der Waals surface area contributed by atoms with Gasteiger partial charge in [-0.05, 0) is 37.5 Å². The van der Waals surface area contributed by atoms with Crippen LogP contribution < -0.4 is 0 Å². The van der Waals surface area contributed by atoms with Gasteiger partial charge in [-0.2, -0.15) is 0 Å². The van der Waals surface area contributed by atoms with E-state index in [9.17, 15) is 13.9 Å². The maximum atomic E-state index is 14.0. The molecule has 0 aliphatic carbocycles. The number of aromatic nitrogens is 2. The summed E-state index contributed by atoms with van der Waals surface area (Å²) in [6, 6.07) is 1.82. The quantitative estimate of drug-likeness (QED) is 0.637. The van der Waals surface area contributed by atoms with Gasteiger partial charge in [0.15, 0.2) is 4.77 Å². The number of hydrogen-bond acceptors (Lipinski definition) is 2. The lowest BCUT2D eigenvalue weighted by Crippen LogP contribution is -2.09. The lowest BCUT2D eigenvalue weighted by atomic mass is 10.1. The second-order valence-electron chi connectivity index (χ2n) is 4.71. The van der Waals surface area contributed by atoms with Crippen LogP contribution in [-0.2, 0) is 13.0 Å². The summed E-state index contributed by atoms with van der Waals surface area (Å²) in [7, 11) is 0. The molecule has 0 unspecified atom stereocenters. The van der Waals surface area contributed by atoms with E-state index in [-0.39, 0.29) is 21.4 Å². The summed E-state index contributed by atoms with van der Waals surface area (Å²) in [5, 5.41) is 9.94. The van der Waals surface area contributed by atoms with Gasteiger partial charge in [0.05, 0.1) is 16.4 Å². The Balaban J connectivity index is 2.28. The molecular formula is C13H11ClF2N2OS. The van der Waals surface area contributed by atoms with Crippen molar-refractivity contribution < 1.29 is 13.9 Å². The predicted octanol–water partition coefficient (Wildman–Crippen LogP) is 3.98. The monoisotopic (exact) mass is 316 g/mol. The second kappa shape index (κ2) is 4.86. The van der Waals surface area contributed by atoms with Crippen LogP contribution in [0.4, 0.5) is 8.78 Å². The van der Waals surface area contributed by atoms with E-state index in [1.165, 1.54) is 0 Å². The normalized spacial score (nSPS) is 14.3. The highest BCUT2D eigenvalue weighted by molar-refractivity contribution is 7.71. The Kier molecular flexibility index (Phi) is 3.30. The van der Waals surface area contributed by atoms with Crippen LogP contribution in [0.25, 0.3) is 5.69 Å². The van der Waals surface area contributed by atoms with Gasteiger partial charge in [-0.3, -0.25) is 4.57 Å². The van der Waals surface area contributed by atoms with E-state index in [1.54, 1.807) is 4.57 Å². The molecule has 1 aliphatic heterocycles. The van der Waals surface area contributed by atoms with Gasteiger partial charge in [0.1, 0.15) is 11.6 Å². The van der Waals surface area contributed by atoms with E-state index in [2.05, 4.69) is 0 Å². The lowest BCUT2D eigenvalue weighted by molar-refractivity contribution is 0.423. The maximum absolute atomic E-state index is 14.0. The summed E-state index contributed by atoms with van der Waals surface area (Å²) >= 11 is 10.8. The average molecular weight is 317 g/mol. The largest absolute Gasteiger partial charge is 0.493 e. The van der Waals surface area contributed by atoms with E-state index in [0.29, 0.717) is 18.7 Å². The Hall–Kier alpha value is -1.40. The topological polar surface area (TPSA) is 30.1 Å². The van der Waals surface area contributed by atoms with Crippen LogP contribution in [0.3, 0.4) is 0 Å². The van der Waals surface area contributed by atoms with Crippen molar-refractivity contribution in [2.45, 2.75) is 25.8 Å². The molecule has 0 fully saturated rings. The lowest BCUT2D eigenvalue weighted by Gasteiger charge is -2.12. The van der Waals surface area contributed by atoms with E-state index < -0.39 is 11.6 Å². The van der Waals surface area contributed by atoms with Crippen molar-refractivity contribution >= 4 is 23.8 Å². The van der Waals surface area contributed by atoms with Crippen molar-refractivity contribution in [2.75, 3.05) is 0 Å². The van der Waals surface area contributed by atoms with Crippen molar-refractivity contribution in [1.82, 2.24) is 9.13 Å². The smallest absolute Gasteiger partial charge is 0.218 e. The first-order chi connectivity index (χ1) is 9.50. The summed E-state index contributed by atoms with van der Waals surface area (Å²) in [4.78, 5) is 0. The van der Waals surface area contributed by atoms with Gasteiger partial charge < -0.3 is 9.67 Å². The molecule has 3 nitrogen and oxygen atoms in total. The summed E-state index contributed by atoms with van der Waals surface area (Å²) in [5.74, 6) is -1.62. The third-order valence-corrected chi connectivity index (χ3v) is 4.19. The van der Waals surface area contributed by atoms with Crippen LogP contribution in [0, 0.1) is 16.4 Å². The van der Waals surface area contributed by atoms with E-state index in [0.717, 1.165) is 29.5 Å². The molecule has 3 rings (SSSR count). The van der Waals surface area contributed by atoms with Gasteiger partial charge in [-0.25, -0.2) is 8.78 Å². The number of nitrogens with zero attached hydrogens (tertiary/aromatic N) is 2. The zero-order valence-electron chi connectivity index (χ0n) is 10.4. The molecule has 1 aliphatic rings. The Morgan fingerprint density at radius 2 is 1.95 bits per heavy atom. The number of hydrogen-bond donors (Lipinski definition) is 1. The molecule has 1 aromatic heterocycles. The van der Waals surface area contributed by atoms with E-state index >= 15 is 0 Å². The molecule has 106 valence electrons. The molecule has 1 N–H and O–H groups in total. The highest BCUT2D eigenvalue weighted by Gasteiger charge is 2.23. The molecule has 0 saturated carbocycles. The standard InChI is InChI=1S/C13H11ClF2N2OS/c14-7-5-9(16)11(6-8(7)15)18-12(19)10-3-1-2-4-17(10)13(18)20/h5-6,19H,1-4H2. The summed E-state index contributed by atoms with van der Waals surface area (Å²) < 4.78 is 30.7. The predicted molar refractivity (Wildman–Crippen MR) is 74.1 cm³/mol. The molecule has 0 bridgehead atoms. The van der Waals surface area contributed by atoms with Gasteiger partial charge >= 0.3 is 0 Å². The molecule has 0 saturated heterocycles. The van der Waals surface area contributed by atoms with Crippen molar-refractivity contribution in [2.24, 2.45) is 0 Å². The van der Waals surface area contributed by atoms with Gasteiger partial charge in [-0.1, -0.05) is 11.6 Å². The molecule has 0 amide bonds. The van der Waals surface area contributed by atoms with Crippen LogP contribution in [0.15, 0.2) is 12.1 Å². The highest BCUT2D eigenvalue weighted by atomic mass is 35.5. The van der Waals surface area contributed by atoms with Gasteiger partial charge in [0.2, 0.25) is 5.88 Å². The molecule has 0 radical (unpaired) electrons. The molecule has 2 heterocycles. The second-order valence-corrected chi connectivity index (χ2v) is 5.49. The summed E-state index contributed by atoms with van der Waals surface area (Å²) in [5.41, 5.74) is 0.535. The molecule has 20 heavy (non-hydrogen) atoms. The van der Waals surface area contributed by atoms with Crippen molar-refractivity contribution in [1.29, 1.82) is 0 Å². The average Bonchev–Trinajstić information content (AvgIpc) is 2.68. The Morgan fingerprint density at radius 1 is 1.20 bits per heavy atom. The fourth-order valence-corrected chi connectivity index (χ4v) is 3.05. The fraction of sp³-hybridized carbons (Fsp3) is 0.308. The first-order valence-electron chi connectivity index (χ1n) is 6.19. The molecule has 7 heteroatoms. The summed E-state index contributed by atoms with van der Waals surface area (Å²) in [6.45, 7) is 0.673. The maximum Gasteiger partial charge on any atom is 0.218 e. The zero-order chi connectivity index (χ0) is 14.4. The van der Waals surface area contributed by atoms with Crippen molar-refractivity contribution in [3.8, 4) is 11.6 Å². The highest BCUT2D eigenvalue weighted by Crippen LogP contribution is 2.32. The molecule has 2 aromatic rings. The number of benzene rings is 1. The van der Waals surface area contributed by atoms with Crippen molar-refractivity contribution in [3.63, 3.8) is 0 Å². The molecule has 0 spiro atoms. The fourth-order valence-electron chi connectivity index (χ4n) is 2.52. The van der Waals surface area contributed by atoms with Crippen LogP contribution in [-0.4, -0.2) is 14.2 Å². The van der Waals surface area contributed by atoms with Gasteiger partial charge in [-0.15, -0.1) is 0 Å². The number of rotatable bonds is 1. The van der Waals surface area contributed by atoms with Gasteiger partial charge in [0.25, 0.3) is 0 Å². The minimum absolute atomic E-state index is 0.128. The molecular weight excluding hydrogens is 306 g/mol. The van der Waals surface area contributed by atoms with Crippen LogP contribution in [0.2, 0.25) is 5.02 Å². The Morgan fingerprint density at radius 3 is 2.65 bits per heavy atom. The first-order valence-corrected chi connectivity index (χ1v) is 6.97. The minimum Gasteiger partial charge on any atom is -0.493 e. The van der Waals surface area contributed by atoms with E-state index in [4.69, 9.17) is 23.8 Å². The first kappa shape index (κ1) is 13.6. The molecule has 0 atom stereocenters. The third kappa shape index (κ3) is 1.94. The number of fused-ring (bicyclic) bond motifs is 1. The van der Waals surface area contributed by atoms with Gasteiger partial charge in [0, 0.05) is 12.6 Å². The van der Waals surface area contributed by atoms with Crippen LogP contribution in [0.1, 0.15) is 18.5 Å². The third-order valence-electron chi connectivity index (χ3n) is 3.49. The number of aromatic hydroxyl groups is 1. The van der Waals surface area contributed by atoms with Crippen LogP contribution >= 0.6 is 23.8 Å². The van der Waals surface area contributed by atoms with E-state index in [1.807, 2.05) is 0 Å². The zero-order valence-corrected chi connectivity index (χ0v) is 11.9. The molecule has 1 aromatic carbocycles. The van der Waals surface area contributed by atoms with Crippen LogP contribution in [0.5, 0.6) is 5.88 Å². The summed E-state index contributed by atoms with van der Waals surface area (Å²) in [6.07, 6.45) is 2.55. The number of halogens is 3. The Bertz CT molecular complexity index is 754. The Labute approximate surface area is 124 Å². The minimum atomic E-state index is -0.756. The SMILES string of the molecule is Oc1c2n(c(=S)n1-c1cc(F)c(Cl)cc1F)CCCC2.